The number of imidazole rings is 1. The Morgan fingerprint density at radius 1 is 1.12 bits per heavy atom. The number of amides is 1. The van der Waals surface area contributed by atoms with Gasteiger partial charge in [-0.15, -0.1) is 0 Å². The van der Waals surface area contributed by atoms with Crippen LogP contribution in [0.4, 0.5) is 22.1 Å². The Kier molecular flexibility index (Phi) is 4.70. The summed E-state index contributed by atoms with van der Waals surface area (Å²) in [5, 5.41) is 17.1. The molecule has 5 rings (SSSR count). The van der Waals surface area contributed by atoms with Crippen molar-refractivity contribution >= 4 is 23.4 Å². The highest BCUT2D eigenvalue weighted by atomic mass is 16.6. The molecule has 0 unspecified atom stereocenters. The topological polar surface area (TPSA) is 127 Å². The van der Waals surface area contributed by atoms with Gasteiger partial charge in [-0.3, -0.25) is 10.3 Å². The molecule has 0 atom stereocenters. The predicted octanol–water partition coefficient (Wildman–Crippen LogP) is 4.71. The van der Waals surface area contributed by atoms with Gasteiger partial charge in [0.15, 0.2) is 5.82 Å². The molecule has 5 heterocycles. The van der Waals surface area contributed by atoms with Crippen LogP contribution < -0.4 is 10.6 Å². The van der Waals surface area contributed by atoms with Crippen LogP contribution >= 0.6 is 0 Å². The van der Waals surface area contributed by atoms with Crippen molar-refractivity contribution in [2.45, 2.75) is 26.4 Å². The molecule has 10 heteroatoms. The van der Waals surface area contributed by atoms with Gasteiger partial charge in [0.25, 0.3) is 0 Å². The van der Waals surface area contributed by atoms with E-state index < -0.39 is 11.7 Å². The molecule has 33 heavy (non-hydrogen) atoms. The Bertz CT molecular complexity index is 1370. The number of hydrogen-bond acceptors (Lipinski definition) is 8. The molecule has 0 radical (unpaired) electrons. The summed E-state index contributed by atoms with van der Waals surface area (Å²) in [7, 11) is 0. The number of anilines is 3. The average molecular weight is 443 g/mol. The highest BCUT2D eigenvalue weighted by molar-refractivity contribution is 5.95. The van der Waals surface area contributed by atoms with Gasteiger partial charge in [0.1, 0.15) is 28.6 Å². The normalized spacial score (nSPS) is 12.0. The Balaban J connectivity index is 1.61. The summed E-state index contributed by atoms with van der Waals surface area (Å²) in [6, 6.07) is 8.81. The molecular weight excluding hydrogens is 422 g/mol. The lowest BCUT2D eigenvalue weighted by Gasteiger charge is -2.19. The third-order valence-corrected chi connectivity index (χ3v) is 4.89. The van der Waals surface area contributed by atoms with Crippen LogP contribution in [-0.4, -0.2) is 41.6 Å². The van der Waals surface area contributed by atoms with Gasteiger partial charge in [-0.1, -0.05) is 0 Å². The van der Waals surface area contributed by atoms with Gasteiger partial charge in [0.2, 0.25) is 0 Å². The maximum atomic E-state index is 12.2. The molecule has 10 nitrogen and oxygen atoms in total. The van der Waals surface area contributed by atoms with E-state index in [1.165, 1.54) is 6.20 Å². The first-order valence-electron chi connectivity index (χ1n) is 10.3. The Labute approximate surface area is 189 Å². The maximum absolute atomic E-state index is 12.2. The van der Waals surface area contributed by atoms with Crippen molar-refractivity contribution in [2.24, 2.45) is 0 Å². The SMILES string of the molecule is CC(C)(C)OC(=O)Nc1cc(-c2nc3c(n2O)-c2ccncc2Nc2ncccc2-3)ccn1. The predicted molar refractivity (Wildman–Crippen MR) is 122 cm³/mol. The summed E-state index contributed by atoms with van der Waals surface area (Å²) in [6.07, 6.45) is 5.90. The van der Waals surface area contributed by atoms with Crippen LogP contribution in [0.2, 0.25) is 0 Å². The minimum absolute atomic E-state index is 0.272. The van der Waals surface area contributed by atoms with E-state index in [-0.39, 0.29) is 11.6 Å². The minimum atomic E-state index is -0.641. The fraction of sp³-hybridized carbons (Fsp3) is 0.174. The van der Waals surface area contributed by atoms with Crippen molar-refractivity contribution in [1.29, 1.82) is 0 Å². The van der Waals surface area contributed by atoms with Gasteiger partial charge in [-0.05, 0) is 51.1 Å². The maximum Gasteiger partial charge on any atom is 0.413 e. The Hall–Kier alpha value is -4.47. The fourth-order valence-electron chi connectivity index (χ4n) is 3.60. The molecule has 3 N–H and O–H groups in total. The van der Waals surface area contributed by atoms with E-state index >= 15 is 0 Å². The van der Waals surface area contributed by atoms with Gasteiger partial charge < -0.3 is 15.3 Å². The number of nitrogens with one attached hydrogen (secondary N) is 2. The van der Waals surface area contributed by atoms with E-state index in [9.17, 15) is 10.0 Å². The summed E-state index contributed by atoms with van der Waals surface area (Å²) in [5.74, 6) is 1.17. The number of hydrogen-bond donors (Lipinski definition) is 3. The van der Waals surface area contributed by atoms with Gasteiger partial charge >= 0.3 is 6.09 Å². The summed E-state index contributed by atoms with van der Waals surface area (Å²) >= 11 is 0. The van der Waals surface area contributed by atoms with Crippen molar-refractivity contribution in [2.75, 3.05) is 10.6 Å². The first-order valence-corrected chi connectivity index (χ1v) is 10.3. The van der Waals surface area contributed by atoms with Crippen molar-refractivity contribution in [3.05, 3.63) is 55.1 Å². The monoisotopic (exact) mass is 443 g/mol. The zero-order valence-electron chi connectivity index (χ0n) is 18.2. The third kappa shape index (κ3) is 3.82. The first kappa shape index (κ1) is 20.4. The van der Waals surface area contributed by atoms with E-state index in [0.717, 1.165) is 15.9 Å². The fourth-order valence-corrected chi connectivity index (χ4v) is 3.60. The van der Waals surface area contributed by atoms with Crippen LogP contribution in [0.3, 0.4) is 0 Å². The molecule has 4 aromatic heterocycles. The number of ether oxygens (including phenoxy) is 1. The van der Waals surface area contributed by atoms with Crippen molar-refractivity contribution < 1.29 is 14.7 Å². The zero-order chi connectivity index (χ0) is 23.2. The molecule has 1 aliphatic heterocycles. The second-order valence-electron chi connectivity index (χ2n) is 8.45. The van der Waals surface area contributed by atoms with Crippen molar-refractivity contribution in [1.82, 2.24) is 24.7 Å². The number of carbonyl (C=O) groups is 1. The molecule has 0 saturated carbocycles. The molecule has 1 aliphatic rings. The number of nitrogens with zero attached hydrogens (tertiary/aromatic N) is 5. The summed E-state index contributed by atoms with van der Waals surface area (Å²) in [6.45, 7) is 5.34. The molecule has 0 aliphatic carbocycles. The standard InChI is InChI=1S/C23H21N7O3/c1-23(2,3)33-22(31)28-17-11-13(6-10-25-17)21-29-18-15-5-4-8-26-20(15)27-16-12-24-9-7-14(16)19(18)30(21)32/h4-12,32H,1-3H3,(H,26,27)(H,25,28,31). The number of pyridine rings is 3. The second kappa shape index (κ2) is 7.59. The van der Waals surface area contributed by atoms with E-state index in [4.69, 9.17) is 9.72 Å². The molecule has 166 valence electrons. The summed E-state index contributed by atoms with van der Waals surface area (Å²) < 4.78 is 6.32. The van der Waals surface area contributed by atoms with Gasteiger partial charge in [-0.2, -0.15) is 4.73 Å². The minimum Gasteiger partial charge on any atom is -0.444 e. The molecule has 1 amide bonds. The van der Waals surface area contributed by atoms with Gasteiger partial charge in [0, 0.05) is 35.3 Å². The Morgan fingerprint density at radius 3 is 2.79 bits per heavy atom. The highest BCUT2D eigenvalue weighted by Crippen LogP contribution is 2.44. The van der Waals surface area contributed by atoms with Gasteiger partial charge in [0.05, 0.1) is 11.9 Å². The lowest BCUT2D eigenvalue weighted by Crippen LogP contribution is -2.27. The van der Waals surface area contributed by atoms with E-state index in [1.54, 1.807) is 57.6 Å². The third-order valence-electron chi connectivity index (χ3n) is 4.89. The molecule has 0 fully saturated rings. The van der Waals surface area contributed by atoms with E-state index in [2.05, 4.69) is 25.6 Å². The van der Waals surface area contributed by atoms with Crippen LogP contribution in [0.5, 0.6) is 0 Å². The smallest absolute Gasteiger partial charge is 0.413 e. The van der Waals surface area contributed by atoms with E-state index in [1.807, 2.05) is 12.1 Å². The first-order chi connectivity index (χ1) is 15.8. The largest absolute Gasteiger partial charge is 0.444 e. The van der Waals surface area contributed by atoms with Crippen LogP contribution in [-0.2, 0) is 4.74 Å². The average Bonchev–Trinajstić information content (AvgIpc) is 3.02. The second-order valence-corrected chi connectivity index (χ2v) is 8.45. The van der Waals surface area contributed by atoms with Crippen molar-refractivity contribution in [3.63, 3.8) is 0 Å². The van der Waals surface area contributed by atoms with Gasteiger partial charge in [-0.25, -0.2) is 19.7 Å². The number of aromatic nitrogens is 5. The number of rotatable bonds is 2. The van der Waals surface area contributed by atoms with Crippen molar-refractivity contribution in [3.8, 4) is 33.9 Å². The summed E-state index contributed by atoms with van der Waals surface area (Å²) in [4.78, 5) is 29.7. The molecule has 0 spiro atoms. The van der Waals surface area contributed by atoms with Crippen LogP contribution in [0.25, 0.3) is 33.9 Å². The zero-order valence-corrected chi connectivity index (χ0v) is 18.2. The quantitative estimate of drug-likeness (QED) is 0.335. The number of fused-ring (bicyclic) bond motifs is 5. The number of carbonyl (C=O) groups excluding carboxylic acids is 1. The highest BCUT2D eigenvalue weighted by Gasteiger charge is 2.28. The summed E-state index contributed by atoms with van der Waals surface area (Å²) in [5.41, 5.74) is 3.13. The lowest BCUT2D eigenvalue weighted by molar-refractivity contribution is 0.0635. The Morgan fingerprint density at radius 2 is 1.97 bits per heavy atom. The molecule has 0 aromatic carbocycles. The van der Waals surface area contributed by atoms with Crippen LogP contribution in [0.1, 0.15) is 20.8 Å². The molecule has 0 bridgehead atoms. The van der Waals surface area contributed by atoms with Crippen LogP contribution in [0.15, 0.2) is 55.1 Å². The molecule has 4 aromatic rings. The lowest BCUT2D eigenvalue weighted by atomic mass is 10.1. The van der Waals surface area contributed by atoms with Crippen LogP contribution in [0, 0.1) is 0 Å². The molecular formula is C23H21N7O3. The molecule has 0 saturated heterocycles. The van der Waals surface area contributed by atoms with E-state index in [0.29, 0.717) is 28.5 Å².